The quantitative estimate of drug-likeness (QED) is 0.510. The van der Waals surface area contributed by atoms with Gasteiger partial charge >= 0.3 is 0 Å². The second kappa shape index (κ2) is 8.96. The number of aromatic nitrogens is 2. The molecule has 1 aromatic carbocycles. The van der Waals surface area contributed by atoms with Crippen molar-refractivity contribution in [3.05, 3.63) is 50.6 Å². The van der Waals surface area contributed by atoms with E-state index in [0.29, 0.717) is 15.7 Å². The van der Waals surface area contributed by atoms with Crippen molar-refractivity contribution in [2.45, 2.75) is 57.3 Å². The van der Waals surface area contributed by atoms with E-state index in [2.05, 4.69) is 30.6 Å². The number of nitrogens with one attached hydrogen (secondary N) is 3. The number of aromatic amines is 1. The Morgan fingerprint density at radius 3 is 2.53 bits per heavy atom. The molecule has 0 bridgehead atoms. The highest BCUT2D eigenvalue weighted by Crippen LogP contribution is 2.30. The number of hydrogen-bond donors (Lipinski definition) is 3. The van der Waals surface area contributed by atoms with Gasteiger partial charge in [0.25, 0.3) is 11.8 Å². The first-order valence-electron chi connectivity index (χ1n) is 11.9. The smallest absolute Gasteiger partial charge is 0.280 e. The van der Waals surface area contributed by atoms with Gasteiger partial charge in [-0.1, -0.05) is 24.4 Å². The van der Waals surface area contributed by atoms with Crippen molar-refractivity contribution in [2.24, 2.45) is 0 Å². The minimum atomic E-state index is -0.169. The predicted octanol–water partition coefficient (Wildman–Crippen LogP) is 3.69. The lowest BCUT2D eigenvalue weighted by Crippen LogP contribution is -2.53. The Bertz CT molecular complexity index is 1230. The largest absolute Gasteiger partial charge is 0.351 e. The molecule has 1 saturated heterocycles. The van der Waals surface area contributed by atoms with Gasteiger partial charge in [-0.15, -0.1) is 11.3 Å². The molecule has 2 amide bonds. The maximum absolute atomic E-state index is 13.1. The highest BCUT2D eigenvalue weighted by molar-refractivity contribution is 7.13. The van der Waals surface area contributed by atoms with Crippen molar-refractivity contribution in [3.8, 4) is 0 Å². The fraction of sp³-hybridized carbons (Fsp3) is 0.458. The van der Waals surface area contributed by atoms with Crippen LogP contribution >= 0.6 is 22.9 Å². The Balaban J connectivity index is 1.13. The first-order valence-corrected chi connectivity index (χ1v) is 13.1. The predicted molar refractivity (Wildman–Crippen MR) is 132 cm³/mol. The molecule has 3 aromatic rings. The van der Waals surface area contributed by atoms with E-state index in [1.165, 1.54) is 22.6 Å². The standard InChI is InChI=1S/C24H27ClN6O2S/c25-15-6-7-16-14(10-15)11-19(26-16)22(32)27-17-4-1-2-5-18(17)28-23(33)24-29-20-12-30-8-3-9-31(30)13-21(20)34-24/h6-7,10-11,17-18,26H,1-5,8-9,12-13H2,(H,27,32)(H,28,33). The molecule has 4 heterocycles. The third kappa shape index (κ3) is 4.22. The Labute approximate surface area is 206 Å². The van der Waals surface area contributed by atoms with Crippen LogP contribution in [0.4, 0.5) is 0 Å². The van der Waals surface area contributed by atoms with Crippen molar-refractivity contribution in [3.63, 3.8) is 0 Å². The van der Waals surface area contributed by atoms with Crippen LogP contribution in [0.15, 0.2) is 24.3 Å². The molecule has 0 spiro atoms. The van der Waals surface area contributed by atoms with E-state index in [1.807, 2.05) is 18.2 Å². The average molecular weight is 499 g/mol. The number of thiazole rings is 1. The molecule has 3 N–H and O–H groups in total. The third-order valence-electron chi connectivity index (χ3n) is 7.09. The van der Waals surface area contributed by atoms with Crippen LogP contribution in [0.5, 0.6) is 0 Å². The van der Waals surface area contributed by atoms with Crippen molar-refractivity contribution in [1.82, 2.24) is 30.6 Å². The first kappa shape index (κ1) is 22.0. The highest BCUT2D eigenvalue weighted by atomic mass is 35.5. The SMILES string of the molecule is O=C(NC1CCCCC1NC(=O)c1nc2c(s1)CN1CCCN1C2)c1cc2cc(Cl)ccc2[nH]1. The summed E-state index contributed by atoms with van der Waals surface area (Å²) >= 11 is 7.58. The number of fused-ring (bicyclic) bond motifs is 3. The summed E-state index contributed by atoms with van der Waals surface area (Å²) < 4.78 is 0. The van der Waals surface area contributed by atoms with Crippen LogP contribution in [-0.2, 0) is 13.1 Å². The zero-order chi connectivity index (χ0) is 23.2. The van der Waals surface area contributed by atoms with Crippen LogP contribution in [0.25, 0.3) is 10.9 Å². The van der Waals surface area contributed by atoms with E-state index in [9.17, 15) is 9.59 Å². The van der Waals surface area contributed by atoms with E-state index in [-0.39, 0.29) is 23.9 Å². The fourth-order valence-corrected chi connectivity index (χ4v) is 6.48. The second-order valence-electron chi connectivity index (χ2n) is 9.38. The Kier molecular flexibility index (Phi) is 5.81. The van der Waals surface area contributed by atoms with Gasteiger partial charge in [0, 0.05) is 52.5 Å². The van der Waals surface area contributed by atoms with E-state index < -0.39 is 0 Å². The number of carbonyl (C=O) groups is 2. The summed E-state index contributed by atoms with van der Waals surface area (Å²) in [6, 6.07) is 7.08. The molecule has 0 radical (unpaired) electrons. The minimum absolute atomic E-state index is 0.114. The summed E-state index contributed by atoms with van der Waals surface area (Å²) in [5, 5.41) is 13.1. The Morgan fingerprint density at radius 1 is 1.00 bits per heavy atom. The van der Waals surface area contributed by atoms with Crippen molar-refractivity contribution in [1.29, 1.82) is 0 Å². The van der Waals surface area contributed by atoms with Gasteiger partial charge in [-0.3, -0.25) is 9.59 Å². The number of hydrazine groups is 1. The summed E-state index contributed by atoms with van der Waals surface area (Å²) in [6.07, 6.45) is 4.91. The van der Waals surface area contributed by atoms with Gasteiger partial charge in [-0.25, -0.2) is 15.0 Å². The Morgan fingerprint density at radius 2 is 1.74 bits per heavy atom. The number of halogens is 1. The van der Waals surface area contributed by atoms with Gasteiger partial charge in [0.15, 0.2) is 5.01 Å². The number of hydrogen-bond acceptors (Lipinski definition) is 6. The Hall–Kier alpha value is -2.46. The molecule has 3 aliphatic rings. The maximum Gasteiger partial charge on any atom is 0.280 e. The summed E-state index contributed by atoms with van der Waals surface area (Å²) in [6.45, 7) is 3.77. The third-order valence-corrected chi connectivity index (χ3v) is 8.41. The summed E-state index contributed by atoms with van der Waals surface area (Å²) in [7, 11) is 0. The lowest BCUT2D eigenvalue weighted by atomic mass is 9.90. The number of amides is 2. The lowest BCUT2D eigenvalue weighted by molar-refractivity contribution is -0.00171. The van der Waals surface area contributed by atoms with Crippen LogP contribution < -0.4 is 10.6 Å². The van der Waals surface area contributed by atoms with E-state index >= 15 is 0 Å². The number of benzene rings is 1. The average Bonchev–Trinajstić information content (AvgIpc) is 3.55. The normalized spacial score (nSPS) is 23.0. The monoisotopic (exact) mass is 498 g/mol. The lowest BCUT2D eigenvalue weighted by Gasteiger charge is -2.32. The van der Waals surface area contributed by atoms with Crippen molar-refractivity contribution in [2.75, 3.05) is 13.1 Å². The van der Waals surface area contributed by atoms with Crippen molar-refractivity contribution < 1.29 is 9.59 Å². The van der Waals surface area contributed by atoms with Gasteiger partial charge in [0.1, 0.15) is 5.69 Å². The summed E-state index contributed by atoms with van der Waals surface area (Å²) in [5.74, 6) is -0.307. The molecule has 1 aliphatic carbocycles. The van der Waals surface area contributed by atoms with Crippen LogP contribution in [0.2, 0.25) is 5.02 Å². The van der Waals surface area contributed by atoms with Crippen LogP contribution in [-0.4, -0.2) is 57.0 Å². The van der Waals surface area contributed by atoms with Gasteiger partial charge in [-0.05, 0) is 43.5 Å². The molecule has 8 nitrogen and oxygen atoms in total. The van der Waals surface area contributed by atoms with Gasteiger partial charge in [0.2, 0.25) is 0 Å². The van der Waals surface area contributed by atoms with Crippen LogP contribution in [0.3, 0.4) is 0 Å². The van der Waals surface area contributed by atoms with E-state index in [4.69, 9.17) is 11.6 Å². The molecule has 2 unspecified atom stereocenters. The van der Waals surface area contributed by atoms with Gasteiger partial charge in [0.05, 0.1) is 12.2 Å². The van der Waals surface area contributed by atoms with Gasteiger partial charge < -0.3 is 15.6 Å². The molecule has 2 aromatic heterocycles. The first-order chi connectivity index (χ1) is 16.5. The second-order valence-corrected chi connectivity index (χ2v) is 10.9. The van der Waals surface area contributed by atoms with E-state index in [1.54, 1.807) is 6.07 Å². The molecular weight excluding hydrogens is 472 g/mol. The number of H-pyrrole nitrogens is 1. The van der Waals surface area contributed by atoms with Crippen LogP contribution in [0.1, 0.15) is 63.0 Å². The fourth-order valence-electron chi connectivity index (χ4n) is 5.32. The molecule has 10 heteroatoms. The number of carbonyl (C=O) groups excluding carboxylic acids is 2. The summed E-state index contributed by atoms with van der Waals surface area (Å²) in [5.41, 5.74) is 2.39. The summed E-state index contributed by atoms with van der Waals surface area (Å²) in [4.78, 5) is 35.1. The number of rotatable bonds is 4. The molecule has 34 heavy (non-hydrogen) atoms. The minimum Gasteiger partial charge on any atom is -0.351 e. The van der Waals surface area contributed by atoms with E-state index in [0.717, 1.165) is 68.5 Å². The molecule has 2 atom stereocenters. The topological polar surface area (TPSA) is 93.4 Å². The molecule has 1 saturated carbocycles. The molecule has 6 rings (SSSR count). The zero-order valence-corrected chi connectivity index (χ0v) is 20.3. The molecule has 2 fully saturated rings. The highest BCUT2D eigenvalue weighted by Gasteiger charge is 2.33. The maximum atomic E-state index is 13.1. The molecular formula is C24H27ClN6O2S. The zero-order valence-electron chi connectivity index (χ0n) is 18.8. The van der Waals surface area contributed by atoms with Crippen molar-refractivity contribution >= 4 is 45.7 Å². The molecule has 2 aliphatic heterocycles. The van der Waals surface area contributed by atoms with Gasteiger partial charge in [-0.2, -0.15) is 0 Å². The van der Waals surface area contributed by atoms with Crippen LogP contribution in [0, 0.1) is 0 Å². The molecule has 178 valence electrons. The number of nitrogens with zero attached hydrogens (tertiary/aromatic N) is 3.